The topological polar surface area (TPSA) is 20.2 Å². The van der Waals surface area contributed by atoms with Crippen molar-refractivity contribution in [2.45, 2.75) is 12.5 Å². The first-order valence-corrected chi connectivity index (χ1v) is 5.71. The Morgan fingerprint density at radius 2 is 1.82 bits per heavy atom. The summed E-state index contributed by atoms with van der Waals surface area (Å²) in [4.78, 5) is 0. The van der Waals surface area contributed by atoms with Crippen LogP contribution >= 0.6 is 11.6 Å². The van der Waals surface area contributed by atoms with Crippen molar-refractivity contribution in [3.8, 4) is 0 Å². The fourth-order valence-corrected chi connectivity index (χ4v) is 1.82. The molecule has 1 N–H and O–H groups in total. The average molecular weight is 251 g/mol. The maximum Gasteiger partial charge on any atom is 0.123 e. The molecule has 0 fully saturated rings. The molecule has 3 heteroatoms. The van der Waals surface area contributed by atoms with Crippen LogP contribution in [-0.2, 0) is 6.42 Å². The van der Waals surface area contributed by atoms with Gasteiger partial charge in [0.25, 0.3) is 0 Å². The van der Waals surface area contributed by atoms with Gasteiger partial charge >= 0.3 is 0 Å². The first-order valence-electron chi connectivity index (χ1n) is 5.33. The summed E-state index contributed by atoms with van der Waals surface area (Å²) in [5.41, 5.74) is 1.55. The molecule has 0 spiro atoms. The van der Waals surface area contributed by atoms with Crippen LogP contribution in [0.3, 0.4) is 0 Å². The van der Waals surface area contributed by atoms with E-state index in [0.717, 1.165) is 11.1 Å². The van der Waals surface area contributed by atoms with Gasteiger partial charge in [-0.15, -0.1) is 0 Å². The van der Waals surface area contributed by atoms with Gasteiger partial charge in [-0.1, -0.05) is 35.9 Å². The minimum atomic E-state index is -0.644. The van der Waals surface area contributed by atoms with Crippen molar-refractivity contribution in [1.82, 2.24) is 0 Å². The van der Waals surface area contributed by atoms with Crippen LogP contribution in [0, 0.1) is 5.82 Å². The Kier molecular flexibility index (Phi) is 3.77. The molecule has 1 atom stereocenters. The lowest BCUT2D eigenvalue weighted by Gasteiger charge is -2.11. The highest BCUT2D eigenvalue weighted by Gasteiger charge is 2.08. The minimum absolute atomic E-state index is 0.286. The molecule has 0 amide bonds. The highest BCUT2D eigenvalue weighted by molar-refractivity contribution is 6.30. The van der Waals surface area contributed by atoms with Crippen molar-refractivity contribution in [2.75, 3.05) is 0 Å². The van der Waals surface area contributed by atoms with Crippen LogP contribution in [0.2, 0.25) is 5.02 Å². The average Bonchev–Trinajstić information content (AvgIpc) is 2.29. The van der Waals surface area contributed by atoms with Gasteiger partial charge in [-0.3, -0.25) is 0 Å². The third kappa shape index (κ3) is 3.29. The maximum atomic E-state index is 13.0. The normalized spacial score (nSPS) is 12.4. The number of aliphatic hydroxyl groups is 1. The minimum Gasteiger partial charge on any atom is -0.388 e. The smallest absolute Gasteiger partial charge is 0.123 e. The molecule has 1 unspecified atom stereocenters. The Hall–Kier alpha value is -1.38. The summed E-state index contributed by atoms with van der Waals surface area (Å²) >= 11 is 5.77. The molecule has 0 aromatic heterocycles. The fraction of sp³-hybridized carbons (Fsp3) is 0.143. The molecule has 2 rings (SSSR count). The molecule has 0 bridgehead atoms. The van der Waals surface area contributed by atoms with Gasteiger partial charge in [0.15, 0.2) is 0 Å². The van der Waals surface area contributed by atoms with Gasteiger partial charge in [-0.25, -0.2) is 4.39 Å². The number of benzene rings is 2. The van der Waals surface area contributed by atoms with E-state index in [1.807, 2.05) is 0 Å². The largest absolute Gasteiger partial charge is 0.388 e. The van der Waals surface area contributed by atoms with Gasteiger partial charge in [0.05, 0.1) is 6.10 Å². The van der Waals surface area contributed by atoms with E-state index in [2.05, 4.69) is 0 Å². The number of halogens is 2. The summed E-state index contributed by atoms with van der Waals surface area (Å²) in [5, 5.41) is 10.6. The first kappa shape index (κ1) is 12.1. The Morgan fingerprint density at radius 3 is 2.47 bits per heavy atom. The van der Waals surface area contributed by atoms with Crippen molar-refractivity contribution in [1.29, 1.82) is 0 Å². The van der Waals surface area contributed by atoms with Gasteiger partial charge < -0.3 is 5.11 Å². The van der Waals surface area contributed by atoms with Crippen LogP contribution < -0.4 is 0 Å². The van der Waals surface area contributed by atoms with Crippen molar-refractivity contribution in [3.63, 3.8) is 0 Å². The quantitative estimate of drug-likeness (QED) is 0.880. The standard InChI is InChI=1S/C14H12ClFO/c15-12-6-4-11(5-7-12)14(17)9-10-2-1-3-13(16)8-10/h1-8,14,17H,9H2. The van der Waals surface area contributed by atoms with E-state index < -0.39 is 6.10 Å². The zero-order valence-corrected chi connectivity index (χ0v) is 9.86. The van der Waals surface area contributed by atoms with E-state index in [9.17, 15) is 9.50 Å². The van der Waals surface area contributed by atoms with Gasteiger partial charge in [-0.05, 0) is 35.4 Å². The van der Waals surface area contributed by atoms with Crippen LogP contribution in [-0.4, -0.2) is 5.11 Å². The third-order valence-electron chi connectivity index (χ3n) is 2.57. The molecule has 0 saturated carbocycles. The summed E-state index contributed by atoms with van der Waals surface area (Å²) in [6.45, 7) is 0. The fourth-order valence-electron chi connectivity index (χ4n) is 1.69. The molecule has 0 aliphatic heterocycles. The van der Waals surface area contributed by atoms with E-state index in [1.54, 1.807) is 36.4 Å². The molecule has 0 aliphatic rings. The van der Waals surface area contributed by atoms with Crippen LogP contribution in [0.25, 0.3) is 0 Å². The molecule has 0 aliphatic carbocycles. The monoisotopic (exact) mass is 250 g/mol. The Bertz CT molecular complexity index is 496. The maximum absolute atomic E-state index is 13.0. The summed E-state index contributed by atoms with van der Waals surface area (Å²) in [7, 11) is 0. The lowest BCUT2D eigenvalue weighted by atomic mass is 10.0. The van der Waals surface area contributed by atoms with Gasteiger partial charge in [0, 0.05) is 11.4 Å². The Labute approximate surface area is 104 Å². The molecule has 88 valence electrons. The molecule has 2 aromatic rings. The lowest BCUT2D eigenvalue weighted by molar-refractivity contribution is 0.178. The van der Waals surface area contributed by atoms with Crippen molar-refractivity contribution in [3.05, 3.63) is 70.5 Å². The lowest BCUT2D eigenvalue weighted by Crippen LogP contribution is -2.01. The second-order valence-corrected chi connectivity index (χ2v) is 4.34. The zero-order valence-electron chi connectivity index (χ0n) is 9.11. The number of hydrogen-bond acceptors (Lipinski definition) is 1. The van der Waals surface area contributed by atoms with E-state index in [1.165, 1.54) is 12.1 Å². The molecule has 2 aromatic carbocycles. The summed E-state index contributed by atoms with van der Waals surface area (Å²) < 4.78 is 13.0. The molecule has 0 saturated heterocycles. The van der Waals surface area contributed by atoms with Crippen LogP contribution in [0.4, 0.5) is 4.39 Å². The third-order valence-corrected chi connectivity index (χ3v) is 2.82. The summed E-state index contributed by atoms with van der Waals surface area (Å²) in [6, 6.07) is 13.2. The highest BCUT2D eigenvalue weighted by Crippen LogP contribution is 2.20. The Balaban J connectivity index is 2.11. The first-order chi connectivity index (χ1) is 8.15. The predicted molar refractivity (Wildman–Crippen MR) is 66.5 cm³/mol. The van der Waals surface area contributed by atoms with E-state index >= 15 is 0 Å². The van der Waals surface area contributed by atoms with Gasteiger partial charge in [0.2, 0.25) is 0 Å². The molecule has 1 nitrogen and oxygen atoms in total. The zero-order chi connectivity index (χ0) is 12.3. The predicted octanol–water partition coefficient (Wildman–Crippen LogP) is 3.76. The van der Waals surface area contributed by atoms with Crippen molar-refractivity contribution in [2.24, 2.45) is 0 Å². The second kappa shape index (κ2) is 5.30. The van der Waals surface area contributed by atoms with E-state index in [4.69, 9.17) is 11.6 Å². The SMILES string of the molecule is OC(Cc1cccc(F)c1)c1ccc(Cl)cc1. The van der Waals surface area contributed by atoms with Gasteiger partial charge in [0.1, 0.15) is 5.82 Å². The van der Waals surface area contributed by atoms with E-state index in [-0.39, 0.29) is 5.82 Å². The van der Waals surface area contributed by atoms with Crippen LogP contribution in [0.15, 0.2) is 48.5 Å². The van der Waals surface area contributed by atoms with Crippen LogP contribution in [0.5, 0.6) is 0 Å². The molecular formula is C14H12ClFO. The number of rotatable bonds is 3. The molecule has 0 radical (unpaired) electrons. The van der Waals surface area contributed by atoms with Gasteiger partial charge in [-0.2, -0.15) is 0 Å². The summed E-state index contributed by atoms with van der Waals surface area (Å²) in [5.74, 6) is -0.286. The second-order valence-electron chi connectivity index (χ2n) is 3.90. The summed E-state index contributed by atoms with van der Waals surface area (Å²) in [6.07, 6.45) is -0.256. The highest BCUT2D eigenvalue weighted by atomic mass is 35.5. The molecule has 17 heavy (non-hydrogen) atoms. The number of hydrogen-bond donors (Lipinski definition) is 1. The van der Waals surface area contributed by atoms with Crippen molar-refractivity contribution < 1.29 is 9.50 Å². The molecule has 0 heterocycles. The van der Waals surface area contributed by atoms with Crippen molar-refractivity contribution >= 4 is 11.6 Å². The van der Waals surface area contributed by atoms with E-state index in [0.29, 0.717) is 11.4 Å². The molecular weight excluding hydrogens is 239 g/mol. The Morgan fingerprint density at radius 1 is 1.12 bits per heavy atom. The van der Waals surface area contributed by atoms with Crippen LogP contribution in [0.1, 0.15) is 17.2 Å². The number of aliphatic hydroxyl groups excluding tert-OH is 1.